The van der Waals surface area contributed by atoms with E-state index in [1.54, 1.807) is 39.9 Å². The predicted molar refractivity (Wildman–Crippen MR) is 85.1 cm³/mol. The molecule has 1 aliphatic rings. The summed E-state index contributed by atoms with van der Waals surface area (Å²) in [5, 5.41) is 21.1. The third-order valence-corrected chi connectivity index (χ3v) is 4.46. The van der Waals surface area contributed by atoms with Gasteiger partial charge in [0.2, 0.25) is 0 Å². The van der Waals surface area contributed by atoms with E-state index >= 15 is 0 Å². The fourth-order valence-electron chi connectivity index (χ4n) is 3.13. The zero-order valence-electron chi connectivity index (χ0n) is 13.2. The third kappa shape index (κ3) is 2.65. The molecule has 0 unspecified atom stereocenters. The summed E-state index contributed by atoms with van der Waals surface area (Å²) in [6.45, 7) is 0. The smallest absolute Gasteiger partial charge is 0.272 e. The standard InChI is InChI=1S/C16H18N6O2/c1-21-9-11(8-18-21)15(10-5-12(23)6-10)19-16(24)13-7-14-17-3-2-4-22(14)20-13/h2-4,7-10,12,15,23H,5-6H2,1H3,(H,19,24)/t10?,12?,15-/m0/s1. The lowest BCUT2D eigenvalue weighted by molar-refractivity contribution is 0.0234. The molecule has 3 aromatic rings. The molecule has 1 atom stereocenters. The second kappa shape index (κ2) is 5.72. The summed E-state index contributed by atoms with van der Waals surface area (Å²) in [4.78, 5) is 16.8. The maximum Gasteiger partial charge on any atom is 0.272 e. The highest BCUT2D eigenvalue weighted by Gasteiger charge is 2.36. The summed E-state index contributed by atoms with van der Waals surface area (Å²) >= 11 is 0. The predicted octanol–water partition coefficient (Wildman–Crippen LogP) is 0.705. The number of hydrogen-bond donors (Lipinski definition) is 2. The first kappa shape index (κ1) is 14.8. The van der Waals surface area contributed by atoms with E-state index < -0.39 is 0 Å². The Morgan fingerprint density at radius 1 is 1.46 bits per heavy atom. The topological polar surface area (TPSA) is 97.3 Å². The molecule has 0 spiro atoms. The maximum absolute atomic E-state index is 12.6. The van der Waals surface area contributed by atoms with Gasteiger partial charge in [-0.3, -0.25) is 9.48 Å². The lowest BCUT2D eigenvalue weighted by Gasteiger charge is -2.37. The number of hydrogen-bond acceptors (Lipinski definition) is 5. The highest BCUT2D eigenvalue weighted by atomic mass is 16.3. The van der Waals surface area contributed by atoms with Crippen LogP contribution in [0.3, 0.4) is 0 Å². The fraction of sp³-hybridized carbons (Fsp3) is 0.375. The molecule has 124 valence electrons. The van der Waals surface area contributed by atoms with Gasteiger partial charge in [-0.25, -0.2) is 9.50 Å². The van der Waals surface area contributed by atoms with Gasteiger partial charge in [-0.15, -0.1) is 0 Å². The Morgan fingerprint density at radius 3 is 2.96 bits per heavy atom. The number of carbonyl (C=O) groups is 1. The molecular weight excluding hydrogens is 308 g/mol. The van der Waals surface area contributed by atoms with Crippen molar-refractivity contribution in [1.29, 1.82) is 0 Å². The average Bonchev–Trinajstić information content (AvgIpc) is 3.15. The summed E-state index contributed by atoms with van der Waals surface area (Å²) in [7, 11) is 1.84. The average molecular weight is 326 g/mol. The number of nitrogens with zero attached hydrogens (tertiary/aromatic N) is 5. The number of fused-ring (bicyclic) bond motifs is 1. The number of aromatic nitrogens is 5. The lowest BCUT2D eigenvalue weighted by Crippen LogP contribution is -2.41. The first-order valence-corrected chi connectivity index (χ1v) is 7.88. The van der Waals surface area contributed by atoms with Gasteiger partial charge in [-0.2, -0.15) is 10.2 Å². The SMILES string of the molecule is Cn1cc([C@@H](NC(=O)c2cc3ncccn3n2)C2CC(O)C2)cn1. The minimum Gasteiger partial charge on any atom is -0.393 e. The van der Waals surface area contributed by atoms with Crippen LogP contribution < -0.4 is 5.32 Å². The van der Waals surface area contributed by atoms with Gasteiger partial charge in [0.15, 0.2) is 11.3 Å². The number of aliphatic hydroxyl groups excluding tert-OH is 1. The molecule has 2 N–H and O–H groups in total. The molecule has 0 saturated heterocycles. The molecule has 1 fully saturated rings. The van der Waals surface area contributed by atoms with Crippen LogP contribution in [0, 0.1) is 5.92 Å². The number of nitrogens with one attached hydrogen (secondary N) is 1. The Bertz CT molecular complexity index is 846. The second-order valence-corrected chi connectivity index (χ2v) is 6.24. The summed E-state index contributed by atoms with van der Waals surface area (Å²) < 4.78 is 3.28. The highest BCUT2D eigenvalue weighted by molar-refractivity contribution is 5.93. The minimum absolute atomic E-state index is 0.188. The normalized spacial score (nSPS) is 21.4. The molecule has 1 aliphatic carbocycles. The van der Waals surface area contributed by atoms with Crippen LogP contribution in [0.5, 0.6) is 0 Å². The van der Waals surface area contributed by atoms with Gasteiger partial charge >= 0.3 is 0 Å². The Labute approximate surface area is 138 Å². The van der Waals surface area contributed by atoms with Crippen molar-refractivity contribution in [1.82, 2.24) is 29.7 Å². The van der Waals surface area contributed by atoms with Crippen molar-refractivity contribution < 1.29 is 9.90 Å². The van der Waals surface area contributed by atoms with E-state index in [2.05, 4.69) is 20.5 Å². The molecule has 3 aromatic heterocycles. The third-order valence-electron chi connectivity index (χ3n) is 4.46. The summed E-state index contributed by atoms with van der Waals surface area (Å²) in [6.07, 6.45) is 8.11. The first-order chi connectivity index (χ1) is 11.6. The maximum atomic E-state index is 12.6. The van der Waals surface area contributed by atoms with E-state index in [1.165, 1.54) is 0 Å². The van der Waals surface area contributed by atoms with Crippen LogP contribution >= 0.6 is 0 Å². The Morgan fingerprint density at radius 2 is 2.29 bits per heavy atom. The highest BCUT2D eigenvalue weighted by Crippen LogP contribution is 2.38. The van der Waals surface area contributed by atoms with Crippen molar-refractivity contribution in [2.45, 2.75) is 25.0 Å². The molecule has 0 radical (unpaired) electrons. The molecule has 24 heavy (non-hydrogen) atoms. The molecule has 8 heteroatoms. The van der Waals surface area contributed by atoms with Gasteiger partial charge in [0.1, 0.15) is 0 Å². The van der Waals surface area contributed by atoms with Crippen molar-refractivity contribution in [2.24, 2.45) is 13.0 Å². The molecule has 8 nitrogen and oxygen atoms in total. The van der Waals surface area contributed by atoms with E-state index in [1.807, 2.05) is 13.2 Å². The first-order valence-electron chi connectivity index (χ1n) is 7.88. The summed E-state index contributed by atoms with van der Waals surface area (Å²) in [5.74, 6) is -0.0564. The van der Waals surface area contributed by atoms with Crippen LogP contribution in [0.25, 0.3) is 5.65 Å². The van der Waals surface area contributed by atoms with Crippen LogP contribution in [0.2, 0.25) is 0 Å². The number of rotatable bonds is 4. The zero-order chi connectivity index (χ0) is 16.7. The van der Waals surface area contributed by atoms with Gasteiger partial charge < -0.3 is 10.4 Å². The van der Waals surface area contributed by atoms with Crippen molar-refractivity contribution in [2.75, 3.05) is 0 Å². The number of carbonyl (C=O) groups excluding carboxylic acids is 1. The molecule has 0 bridgehead atoms. The Balaban J connectivity index is 1.58. The lowest BCUT2D eigenvalue weighted by atomic mass is 9.75. The van der Waals surface area contributed by atoms with Crippen LogP contribution in [0.1, 0.15) is 34.9 Å². The summed E-state index contributed by atoms with van der Waals surface area (Å²) in [5.41, 5.74) is 1.88. The number of aliphatic hydroxyl groups is 1. The zero-order valence-corrected chi connectivity index (χ0v) is 13.2. The van der Waals surface area contributed by atoms with Gasteiger partial charge in [0.25, 0.3) is 5.91 Å². The molecular formula is C16H18N6O2. The monoisotopic (exact) mass is 326 g/mol. The van der Waals surface area contributed by atoms with Gasteiger partial charge in [0, 0.05) is 37.3 Å². The van der Waals surface area contributed by atoms with Crippen molar-refractivity contribution in [3.63, 3.8) is 0 Å². The van der Waals surface area contributed by atoms with E-state index in [0.717, 1.165) is 5.56 Å². The molecule has 1 amide bonds. The van der Waals surface area contributed by atoms with Crippen molar-refractivity contribution in [3.05, 3.63) is 48.2 Å². The van der Waals surface area contributed by atoms with Crippen LogP contribution in [0.4, 0.5) is 0 Å². The molecule has 1 saturated carbocycles. The molecule has 3 heterocycles. The Hall–Kier alpha value is -2.74. The Kier molecular flexibility index (Phi) is 3.53. The van der Waals surface area contributed by atoms with Crippen molar-refractivity contribution in [3.8, 4) is 0 Å². The van der Waals surface area contributed by atoms with Gasteiger partial charge in [-0.1, -0.05) is 0 Å². The molecule has 0 aromatic carbocycles. The van der Waals surface area contributed by atoms with Crippen LogP contribution in [0.15, 0.2) is 36.9 Å². The van der Waals surface area contributed by atoms with E-state index in [-0.39, 0.29) is 24.0 Å². The van der Waals surface area contributed by atoms with Crippen molar-refractivity contribution >= 4 is 11.6 Å². The van der Waals surface area contributed by atoms with Gasteiger partial charge in [0.05, 0.1) is 18.3 Å². The minimum atomic E-state index is -0.287. The second-order valence-electron chi connectivity index (χ2n) is 6.24. The largest absolute Gasteiger partial charge is 0.393 e. The van der Waals surface area contributed by atoms with E-state index in [4.69, 9.17) is 0 Å². The van der Waals surface area contributed by atoms with E-state index in [0.29, 0.717) is 24.2 Å². The summed E-state index contributed by atoms with van der Waals surface area (Å²) in [6, 6.07) is 3.23. The van der Waals surface area contributed by atoms with Crippen LogP contribution in [-0.4, -0.2) is 41.5 Å². The number of aryl methyl sites for hydroxylation is 1. The van der Waals surface area contributed by atoms with Crippen LogP contribution in [-0.2, 0) is 7.05 Å². The van der Waals surface area contributed by atoms with Gasteiger partial charge in [-0.05, 0) is 24.8 Å². The molecule has 0 aliphatic heterocycles. The van der Waals surface area contributed by atoms with E-state index in [9.17, 15) is 9.90 Å². The quantitative estimate of drug-likeness (QED) is 0.736. The molecule has 4 rings (SSSR count). The fourth-order valence-corrected chi connectivity index (χ4v) is 3.13. The number of amides is 1.